The normalized spacial score (nSPS) is 18.3. The average Bonchev–Trinajstić information content (AvgIpc) is 3.18. The number of carbonyl (C=O) groups excluding carboxylic acids is 1. The van der Waals surface area contributed by atoms with Crippen LogP contribution in [0.15, 0.2) is 53.8 Å². The summed E-state index contributed by atoms with van der Waals surface area (Å²) in [4.78, 5) is 18.1. The van der Waals surface area contributed by atoms with Crippen molar-refractivity contribution in [3.05, 3.63) is 54.4 Å². The number of methoxy groups -OCH3 is 1. The minimum absolute atomic E-state index is 0.114. The van der Waals surface area contributed by atoms with Crippen molar-refractivity contribution in [1.29, 1.82) is 0 Å². The van der Waals surface area contributed by atoms with Crippen LogP contribution in [-0.2, 0) is 11.3 Å². The Morgan fingerprint density at radius 1 is 1.33 bits per heavy atom. The Balaban J connectivity index is 1.26. The van der Waals surface area contributed by atoms with Gasteiger partial charge in [0.05, 0.1) is 25.5 Å². The molecule has 1 fully saturated rings. The Labute approximate surface area is 175 Å². The van der Waals surface area contributed by atoms with Gasteiger partial charge in [0, 0.05) is 30.8 Å². The fourth-order valence-electron chi connectivity index (χ4n) is 3.52. The Bertz CT molecular complexity index is 959. The molecule has 0 radical (unpaired) electrons. The van der Waals surface area contributed by atoms with Crippen molar-refractivity contribution < 1.29 is 14.3 Å². The summed E-state index contributed by atoms with van der Waals surface area (Å²) < 4.78 is 10.7. The van der Waals surface area contributed by atoms with Crippen molar-refractivity contribution >= 4 is 11.9 Å². The predicted octanol–water partition coefficient (Wildman–Crippen LogP) is 3.16. The van der Waals surface area contributed by atoms with Gasteiger partial charge >= 0.3 is 6.09 Å². The molecule has 1 aromatic heterocycles. The molecule has 8 heteroatoms. The zero-order chi connectivity index (χ0) is 20.8. The van der Waals surface area contributed by atoms with Gasteiger partial charge in [-0.15, -0.1) is 0 Å². The summed E-state index contributed by atoms with van der Waals surface area (Å²) in [5.41, 5.74) is 2.91. The first kappa shape index (κ1) is 20.0. The Morgan fingerprint density at radius 2 is 2.27 bits per heavy atom. The molecule has 3 heterocycles. The SMILES string of the molecule is COc1cnnc(-c2cccc(CNCC[C@H]3CN(C4=NC=CCC4)C(=O)O3)c2)c1. The standard InChI is InChI=1S/C22H25N5O3/c1-29-19-12-20(26-25-14-19)17-6-4-5-16(11-17)13-23-10-8-18-15-27(22(28)30-18)21-7-2-3-9-24-21/h3-6,9,11-12,14,18,23H,2,7-8,10,13,15H2,1H3/t18-/m0/s1. The van der Waals surface area contributed by atoms with Gasteiger partial charge < -0.3 is 14.8 Å². The number of benzene rings is 1. The van der Waals surface area contributed by atoms with Crippen LogP contribution < -0.4 is 10.1 Å². The van der Waals surface area contributed by atoms with Crippen molar-refractivity contribution in [1.82, 2.24) is 20.4 Å². The summed E-state index contributed by atoms with van der Waals surface area (Å²) in [5.74, 6) is 1.48. The van der Waals surface area contributed by atoms with Crippen LogP contribution in [0, 0.1) is 0 Å². The second-order valence-corrected chi connectivity index (χ2v) is 7.23. The monoisotopic (exact) mass is 407 g/mol. The van der Waals surface area contributed by atoms with Gasteiger partial charge in [-0.05, 0) is 31.0 Å². The number of cyclic esters (lactones) is 1. The lowest BCUT2D eigenvalue weighted by atomic mass is 10.1. The molecule has 30 heavy (non-hydrogen) atoms. The third-order valence-corrected chi connectivity index (χ3v) is 5.11. The number of aromatic nitrogens is 2. The molecule has 0 spiro atoms. The number of amidine groups is 1. The molecule has 2 aliphatic heterocycles. The first-order chi connectivity index (χ1) is 14.7. The topological polar surface area (TPSA) is 88.9 Å². The number of hydrogen-bond acceptors (Lipinski definition) is 7. The van der Waals surface area contributed by atoms with Crippen molar-refractivity contribution in [2.24, 2.45) is 4.99 Å². The van der Waals surface area contributed by atoms with E-state index in [4.69, 9.17) is 9.47 Å². The minimum atomic E-state index is -0.291. The fourth-order valence-corrected chi connectivity index (χ4v) is 3.52. The van der Waals surface area contributed by atoms with E-state index in [0.29, 0.717) is 18.8 Å². The first-order valence-electron chi connectivity index (χ1n) is 10.1. The molecule has 4 rings (SSSR count). The quantitative estimate of drug-likeness (QED) is 0.710. The molecule has 1 N–H and O–H groups in total. The number of amides is 1. The van der Waals surface area contributed by atoms with E-state index in [1.807, 2.05) is 24.3 Å². The van der Waals surface area contributed by atoms with Crippen LogP contribution in [0.3, 0.4) is 0 Å². The van der Waals surface area contributed by atoms with E-state index in [0.717, 1.165) is 48.5 Å². The highest BCUT2D eigenvalue weighted by Crippen LogP contribution is 2.21. The van der Waals surface area contributed by atoms with Crippen LogP contribution in [0.25, 0.3) is 11.3 Å². The maximum atomic E-state index is 12.1. The molecular formula is C22H25N5O3. The van der Waals surface area contributed by atoms with Gasteiger partial charge in [-0.3, -0.25) is 4.90 Å². The highest BCUT2D eigenvalue weighted by atomic mass is 16.6. The average molecular weight is 407 g/mol. The van der Waals surface area contributed by atoms with Gasteiger partial charge in [-0.2, -0.15) is 10.2 Å². The molecule has 2 aliphatic rings. The third-order valence-electron chi connectivity index (χ3n) is 5.11. The number of nitrogens with one attached hydrogen (secondary N) is 1. The van der Waals surface area contributed by atoms with Crippen LogP contribution in [0.1, 0.15) is 24.8 Å². The number of rotatable bonds is 7. The molecule has 8 nitrogen and oxygen atoms in total. The van der Waals surface area contributed by atoms with E-state index in [9.17, 15) is 4.79 Å². The summed E-state index contributed by atoms with van der Waals surface area (Å²) in [6.07, 6.45) is 7.39. The first-order valence-corrected chi connectivity index (χ1v) is 10.1. The molecule has 2 aromatic rings. The largest absolute Gasteiger partial charge is 0.495 e. The highest BCUT2D eigenvalue weighted by Gasteiger charge is 2.33. The van der Waals surface area contributed by atoms with E-state index in [-0.39, 0.29) is 12.2 Å². The van der Waals surface area contributed by atoms with Gasteiger partial charge in [-0.1, -0.05) is 24.3 Å². The molecular weight excluding hydrogens is 382 g/mol. The minimum Gasteiger partial charge on any atom is -0.495 e. The van der Waals surface area contributed by atoms with Crippen molar-refractivity contribution in [3.63, 3.8) is 0 Å². The Hall–Kier alpha value is -3.26. The summed E-state index contributed by atoms with van der Waals surface area (Å²) in [6.45, 7) is 2.03. The molecule has 0 aliphatic carbocycles. The fraction of sp³-hybridized carbons (Fsp3) is 0.364. The van der Waals surface area contributed by atoms with Crippen LogP contribution >= 0.6 is 0 Å². The molecule has 1 atom stereocenters. The Kier molecular flexibility index (Phi) is 6.34. The molecule has 0 bridgehead atoms. The molecule has 0 saturated carbocycles. The number of hydrogen-bond donors (Lipinski definition) is 1. The summed E-state index contributed by atoms with van der Waals surface area (Å²) in [6, 6.07) is 10.0. The van der Waals surface area contributed by atoms with E-state index in [2.05, 4.69) is 32.6 Å². The van der Waals surface area contributed by atoms with Crippen LogP contribution in [-0.4, -0.2) is 53.3 Å². The number of carbonyl (C=O) groups is 1. The van der Waals surface area contributed by atoms with E-state index >= 15 is 0 Å². The van der Waals surface area contributed by atoms with Crippen LogP contribution in [0.4, 0.5) is 4.79 Å². The van der Waals surface area contributed by atoms with Crippen LogP contribution in [0.5, 0.6) is 5.75 Å². The van der Waals surface area contributed by atoms with Crippen molar-refractivity contribution in [2.75, 3.05) is 20.2 Å². The van der Waals surface area contributed by atoms with Crippen molar-refractivity contribution in [3.8, 4) is 17.0 Å². The second kappa shape index (κ2) is 9.49. The van der Waals surface area contributed by atoms with Crippen molar-refractivity contribution in [2.45, 2.75) is 31.9 Å². The maximum Gasteiger partial charge on any atom is 0.415 e. The summed E-state index contributed by atoms with van der Waals surface area (Å²) >= 11 is 0. The number of ether oxygens (including phenoxy) is 2. The van der Waals surface area contributed by atoms with Gasteiger partial charge in [0.15, 0.2) is 0 Å². The van der Waals surface area contributed by atoms with E-state index in [1.165, 1.54) is 0 Å². The number of allylic oxidation sites excluding steroid dienone is 1. The third kappa shape index (κ3) is 4.83. The predicted molar refractivity (Wildman–Crippen MR) is 113 cm³/mol. The smallest absolute Gasteiger partial charge is 0.415 e. The van der Waals surface area contributed by atoms with Gasteiger partial charge in [0.2, 0.25) is 0 Å². The van der Waals surface area contributed by atoms with E-state index < -0.39 is 0 Å². The summed E-state index contributed by atoms with van der Waals surface area (Å²) in [7, 11) is 1.61. The lowest BCUT2D eigenvalue weighted by molar-refractivity contribution is 0.132. The van der Waals surface area contributed by atoms with Gasteiger partial charge in [-0.25, -0.2) is 9.79 Å². The maximum absolute atomic E-state index is 12.1. The highest BCUT2D eigenvalue weighted by molar-refractivity contribution is 5.97. The zero-order valence-electron chi connectivity index (χ0n) is 17.0. The lowest BCUT2D eigenvalue weighted by Gasteiger charge is -2.16. The second-order valence-electron chi connectivity index (χ2n) is 7.23. The van der Waals surface area contributed by atoms with Crippen LogP contribution in [0.2, 0.25) is 0 Å². The summed E-state index contributed by atoms with van der Waals surface area (Å²) in [5, 5.41) is 11.6. The zero-order valence-corrected chi connectivity index (χ0v) is 17.0. The molecule has 0 unspecified atom stereocenters. The number of aliphatic imine (C=N–C) groups is 1. The molecule has 156 valence electrons. The van der Waals surface area contributed by atoms with Gasteiger partial charge in [0.25, 0.3) is 0 Å². The molecule has 1 saturated heterocycles. The molecule has 1 amide bonds. The van der Waals surface area contributed by atoms with Gasteiger partial charge in [0.1, 0.15) is 17.7 Å². The Morgan fingerprint density at radius 3 is 3.10 bits per heavy atom. The van der Waals surface area contributed by atoms with E-state index in [1.54, 1.807) is 24.4 Å². The molecule has 1 aromatic carbocycles. The number of nitrogens with zero attached hydrogens (tertiary/aromatic N) is 4. The lowest BCUT2D eigenvalue weighted by Crippen LogP contribution is -2.33.